The van der Waals surface area contributed by atoms with Crippen LogP contribution in [0.4, 0.5) is 11.6 Å². The molecule has 0 bridgehead atoms. The number of nitrogens with one attached hydrogen (secondary N) is 2. The maximum Gasteiger partial charge on any atom is 0.219 e. The number of thiophene rings is 1. The van der Waals surface area contributed by atoms with E-state index in [0.717, 1.165) is 11.3 Å². The van der Waals surface area contributed by atoms with Gasteiger partial charge >= 0.3 is 0 Å². The van der Waals surface area contributed by atoms with Crippen molar-refractivity contribution in [2.75, 3.05) is 24.9 Å². The summed E-state index contributed by atoms with van der Waals surface area (Å²) in [6.07, 6.45) is 1.16. The number of anilines is 2. The van der Waals surface area contributed by atoms with Crippen molar-refractivity contribution < 1.29 is 18.9 Å². The van der Waals surface area contributed by atoms with Gasteiger partial charge in [-0.25, -0.2) is 4.63 Å². The van der Waals surface area contributed by atoms with Crippen LogP contribution < -0.4 is 20.1 Å². The molecule has 154 valence electrons. The maximum atomic E-state index is 13.4. The zero-order valence-electron chi connectivity index (χ0n) is 16.5. The molecule has 3 heterocycles. The second kappa shape index (κ2) is 7.49. The molecule has 0 amide bonds. The Hall–Kier alpha value is -3.33. The fraction of sp³-hybridized carbons (Fsp3) is 0.286. The van der Waals surface area contributed by atoms with E-state index in [0.29, 0.717) is 41.5 Å². The predicted octanol–water partition coefficient (Wildman–Crippen LogP) is 4.13. The Morgan fingerprint density at radius 1 is 1.10 bits per heavy atom. The van der Waals surface area contributed by atoms with Gasteiger partial charge in [0.15, 0.2) is 5.78 Å². The van der Waals surface area contributed by atoms with E-state index in [4.69, 9.17) is 14.1 Å². The molecule has 0 radical (unpaired) electrons. The van der Waals surface area contributed by atoms with Crippen molar-refractivity contribution in [1.82, 2.24) is 10.3 Å². The van der Waals surface area contributed by atoms with Crippen LogP contribution in [0, 0.1) is 0 Å². The molecule has 1 aromatic carbocycles. The first-order valence-corrected chi connectivity index (χ1v) is 10.4. The van der Waals surface area contributed by atoms with E-state index in [1.165, 1.54) is 4.88 Å². The molecule has 0 saturated heterocycles. The molecule has 0 unspecified atom stereocenters. The fourth-order valence-corrected chi connectivity index (χ4v) is 4.90. The number of allylic oxidation sites excluding steroid dienone is 1. The lowest BCUT2D eigenvalue weighted by molar-refractivity contribution is -0.116. The molecule has 3 aromatic rings. The molecule has 2 aliphatic rings. The molecule has 0 fully saturated rings. The lowest BCUT2D eigenvalue weighted by atomic mass is 9.81. The maximum absolute atomic E-state index is 13.4. The first-order chi connectivity index (χ1) is 14.7. The molecule has 30 heavy (non-hydrogen) atoms. The number of Topliss-reactive ketones (excluding diaryl/α,β-unsaturated/α-hetero) is 1. The number of benzene rings is 1. The van der Waals surface area contributed by atoms with Crippen LogP contribution in [0.25, 0.3) is 0 Å². The Kier molecular flexibility index (Phi) is 4.66. The topological polar surface area (TPSA) is 98.5 Å². The number of rotatable bonds is 4. The van der Waals surface area contributed by atoms with E-state index < -0.39 is 6.04 Å². The molecule has 2 aromatic heterocycles. The monoisotopic (exact) mass is 424 g/mol. The minimum Gasteiger partial charge on any atom is -0.497 e. The van der Waals surface area contributed by atoms with Crippen LogP contribution in [-0.4, -0.2) is 30.3 Å². The fourth-order valence-electron chi connectivity index (χ4n) is 4.07. The van der Waals surface area contributed by atoms with Gasteiger partial charge in [-0.15, -0.1) is 11.3 Å². The van der Waals surface area contributed by atoms with Gasteiger partial charge in [0.05, 0.1) is 20.3 Å². The Bertz CT molecular complexity index is 1100. The predicted molar refractivity (Wildman–Crippen MR) is 112 cm³/mol. The Morgan fingerprint density at radius 3 is 2.57 bits per heavy atom. The zero-order chi connectivity index (χ0) is 20.7. The van der Waals surface area contributed by atoms with Crippen molar-refractivity contribution in [3.63, 3.8) is 0 Å². The third-order valence-corrected chi connectivity index (χ3v) is 6.52. The summed E-state index contributed by atoms with van der Waals surface area (Å²) in [5, 5.41) is 16.6. The molecule has 1 aliphatic carbocycles. The normalized spacial score (nSPS) is 20.5. The Morgan fingerprint density at radius 2 is 1.87 bits per heavy atom. The second-order valence-corrected chi connectivity index (χ2v) is 8.23. The lowest BCUT2D eigenvalue weighted by Gasteiger charge is -2.29. The van der Waals surface area contributed by atoms with E-state index in [2.05, 4.69) is 27.0 Å². The second-order valence-electron chi connectivity index (χ2n) is 7.25. The van der Waals surface area contributed by atoms with Gasteiger partial charge in [-0.3, -0.25) is 4.79 Å². The van der Waals surface area contributed by atoms with E-state index in [-0.39, 0.29) is 11.7 Å². The average molecular weight is 424 g/mol. The third kappa shape index (κ3) is 3.21. The number of ether oxygens (including phenoxy) is 2. The van der Waals surface area contributed by atoms with Crippen LogP contribution >= 0.6 is 11.3 Å². The van der Waals surface area contributed by atoms with Gasteiger partial charge in [-0.2, -0.15) is 0 Å². The van der Waals surface area contributed by atoms with Gasteiger partial charge in [-0.1, -0.05) is 6.07 Å². The number of carbonyl (C=O) groups is 1. The van der Waals surface area contributed by atoms with Gasteiger partial charge < -0.3 is 20.1 Å². The molecule has 9 heteroatoms. The number of hydrogen-bond acceptors (Lipinski definition) is 9. The summed E-state index contributed by atoms with van der Waals surface area (Å²) in [6.45, 7) is 0. The van der Waals surface area contributed by atoms with Gasteiger partial charge in [0, 0.05) is 34.6 Å². The molecule has 2 N–H and O–H groups in total. The van der Waals surface area contributed by atoms with Crippen LogP contribution in [0.1, 0.15) is 35.2 Å². The molecule has 5 rings (SSSR count). The number of fused-ring (bicyclic) bond motifs is 1. The van der Waals surface area contributed by atoms with Gasteiger partial charge in [0.1, 0.15) is 11.5 Å². The highest BCUT2D eigenvalue weighted by Crippen LogP contribution is 2.45. The van der Waals surface area contributed by atoms with E-state index in [1.54, 1.807) is 31.6 Å². The molecule has 0 saturated carbocycles. The van der Waals surface area contributed by atoms with E-state index in [9.17, 15) is 4.79 Å². The Labute approximate surface area is 176 Å². The summed E-state index contributed by atoms with van der Waals surface area (Å²) in [5.41, 5.74) is 2.34. The van der Waals surface area contributed by atoms with Crippen molar-refractivity contribution in [1.29, 1.82) is 0 Å². The quantitative estimate of drug-likeness (QED) is 0.645. The van der Waals surface area contributed by atoms with Crippen LogP contribution in [0.3, 0.4) is 0 Å². The van der Waals surface area contributed by atoms with Crippen LogP contribution in [0.5, 0.6) is 11.5 Å². The minimum absolute atomic E-state index is 0.0866. The van der Waals surface area contributed by atoms with Crippen molar-refractivity contribution in [3.8, 4) is 11.5 Å². The highest BCUT2D eigenvalue weighted by atomic mass is 32.1. The first kappa shape index (κ1) is 18.7. The van der Waals surface area contributed by atoms with E-state index >= 15 is 0 Å². The smallest absolute Gasteiger partial charge is 0.219 e. The number of ketones is 1. The SMILES string of the molecule is COc1cc(OC)cc([C@H]2Nc3nonc3NC3=C2C(=O)C[C@H](c2cccs2)C3)c1. The number of methoxy groups -OCH3 is 2. The summed E-state index contributed by atoms with van der Waals surface area (Å²) in [7, 11) is 3.20. The van der Waals surface area contributed by atoms with E-state index in [1.807, 2.05) is 23.6 Å². The summed E-state index contributed by atoms with van der Waals surface area (Å²) >= 11 is 1.67. The zero-order valence-corrected chi connectivity index (χ0v) is 17.3. The van der Waals surface area contributed by atoms with Crippen LogP contribution in [0.15, 0.2) is 51.6 Å². The van der Waals surface area contributed by atoms with Gasteiger partial charge in [0.2, 0.25) is 11.6 Å². The lowest BCUT2D eigenvalue weighted by Crippen LogP contribution is -2.26. The summed E-state index contributed by atoms with van der Waals surface area (Å²) in [4.78, 5) is 14.6. The van der Waals surface area contributed by atoms with Crippen LogP contribution in [-0.2, 0) is 4.79 Å². The van der Waals surface area contributed by atoms with Crippen LogP contribution in [0.2, 0.25) is 0 Å². The molecule has 2 atom stereocenters. The first-order valence-electron chi connectivity index (χ1n) is 9.55. The summed E-state index contributed by atoms with van der Waals surface area (Å²) in [5.74, 6) is 2.43. The number of hydrogen-bond donors (Lipinski definition) is 2. The molecule has 1 aliphatic heterocycles. The van der Waals surface area contributed by atoms with Crippen molar-refractivity contribution >= 4 is 28.8 Å². The number of aromatic nitrogens is 2. The standard InChI is InChI=1S/C21H20N4O4S/c1-27-13-6-12(7-14(10-13)28-2)19-18-15(22-20-21(23-19)25-29-24-20)8-11(9-16(18)26)17-4-3-5-30-17/h3-7,10-11,19H,8-9H2,1-2H3,(H,22,24)(H,23,25)/t11-,19-/m1/s1. The van der Waals surface area contributed by atoms with Crippen molar-refractivity contribution in [3.05, 3.63) is 57.4 Å². The minimum atomic E-state index is -0.443. The molecule has 0 spiro atoms. The summed E-state index contributed by atoms with van der Waals surface area (Å²) < 4.78 is 15.8. The highest BCUT2D eigenvalue weighted by Gasteiger charge is 2.38. The Balaban J connectivity index is 1.63. The summed E-state index contributed by atoms with van der Waals surface area (Å²) in [6, 6.07) is 9.23. The molecular weight excluding hydrogens is 404 g/mol. The van der Waals surface area contributed by atoms with Gasteiger partial charge in [-0.05, 0) is 45.9 Å². The number of carbonyl (C=O) groups excluding carboxylic acids is 1. The third-order valence-electron chi connectivity index (χ3n) is 5.49. The largest absolute Gasteiger partial charge is 0.497 e. The average Bonchev–Trinajstić information content (AvgIpc) is 3.42. The van der Waals surface area contributed by atoms with Crippen molar-refractivity contribution in [2.24, 2.45) is 0 Å². The molecule has 8 nitrogen and oxygen atoms in total. The highest BCUT2D eigenvalue weighted by molar-refractivity contribution is 7.10. The van der Waals surface area contributed by atoms with Gasteiger partial charge in [0.25, 0.3) is 0 Å². The number of nitrogens with zero attached hydrogens (tertiary/aromatic N) is 2. The van der Waals surface area contributed by atoms with Crippen molar-refractivity contribution in [2.45, 2.75) is 24.8 Å². The molecular formula is C21H20N4O4S.